The van der Waals surface area contributed by atoms with E-state index in [0.717, 1.165) is 25.9 Å². The summed E-state index contributed by atoms with van der Waals surface area (Å²) in [6.07, 6.45) is 3.31. The van der Waals surface area contributed by atoms with E-state index in [1.165, 1.54) is 0 Å². The quantitative estimate of drug-likeness (QED) is 0.626. The van der Waals surface area contributed by atoms with Crippen LogP contribution in [0.15, 0.2) is 0 Å². The molecule has 1 aliphatic heterocycles. The average Bonchev–Trinajstić information content (AvgIpc) is 2.54. The number of rotatable bonds is 8. The lowest BCUT2D eigenvalue weighted by molar-refractivity contribution is -0.159. The van der Waals surface area contributed by atoms with Crippen molar-refractivity contribution >= 4 is 0 Å². The van der Waals surface area contributed by atoms with Gasteiger partial charge in [-0.15, -0.1) is 0 Å². The molecular weight excluding hydrogens is 236 g/mol. The van der Waals surface area contributed by atoms with Gasteiger partial charge in [0.2, 0.25) is 0 Å². The third-order valence-electron chi connectivity index (χ3n) is 3.48. The molecule has 0 aromatic carbocycles. The summed E-state index contributed by atoms with van der Waals surface area (Å²) in [5.41, 5.74) is -0.444. The maximum absolute atomic E-state index is 8.79. The Bertz CT molecular complexity index is 200. The molecule has 1 unspecified atom stereocenters. The molecule has 1 aliphatic rings. The van der Waals surface area contributed by atoms with Crippen molar-refractivity contribution in [2.45, 2.75) is 31.8 Å². The highest BCUT2D eigenvalue weighted by Crippen LogP contribution is 2.31. The third-order valence-corrected chi connectivity index (χ3v) is 3.48. The van der Waals surface area contributed by atoms with Gasteiger partial charge in [0.15, 0.2) is 0 Å². The molecule has 0 aromatic rings. The topological polar surface area (TPSA) is 68.2 Å². The molecule has 0 saturated carbocycles. The van der Waals surface area contributed by atoms with Crippen LogP contribution in [-0.4, -0.2) is 62.1 Å². The first-order chi connectivity index (χ1) is 8.75. The van der Waals surface area contributed by atoms with Gasteiger partial charge in [-0.05, 0) is 18.8 Å². The highest BCUT2D eigenvalue weighted by molar-refractivity contribution is 4.88. The van der Waals surface area contributed by atoms with Crippen LogP contribution < -0.4 is 0 Å². The molecular formula is C13H26O5. The third kappa shape index (κ3) is 4.82. The van der Waals surface area contributed by atoms with Crippen LogP contribution in [0.1, 0.15) is 26.2 Å². The molecule has 5 heteroatoms. The zero-order valence-electron chi connectivity index (χ0n) is 11.3. The van der Waals surface area contributed by atoms with Crippen LogP contribution in [0, 0.1) is 5.92 Å². The molecule has 0 amide bonds. The molecule has 0 aliphatic carbocycles. The van der Waals surface area contributed by atoms with Crippen molar-refractivity contribution in [3.8, 4) is 0 Å². The molecule has 0 spiro atoms. The van der Waals surface area contributed by atoms with Crippen molar-refractivity contribution < 1.29 is 24.4 Å². The summed E-state index contributed by atoms with van der Waals surface area (Å²) >= 11 is 0. The van der Waals surface area contributed by atoms with Gasteiger partial charge < -0.3 is 24.4 Å². The molecule has 108 valence electrons. The van der Waals surface area contributed by atoms with Gasteiger partial charge in [0.1, 0.15) is 5.60 Å². The Morgan fingerprint density at radius 2 is 1.72 bits per heavy atom. The van der Waals surface area contributed by atoms with E-state index in [0.29, 0.717) is 32.3 Å². The first-order valence-corrected chi connectivity index (χ1v) is 6.76. The largest absolute Gasteiger partial charge is 0.394 e. The van der Waals surface area contributed by atoms with E-state index in [-0.39, 0.29) is 13.2 Å². The van der Waals surface area contributed by atoms with Crippen LogP contribution in [0.2, 0.25) is 0 Å². The minimum atomic E-state index is -0.444. The van der Waals surface area contributed by atoms with Crippen LogP contribution in [-0.2, 0) is 14.2 Å². The van der Waals surface area contributed by atoms with Crippen LogP contribution in [0.4, 0.5) is 0 Å². The van der Waals surface area contributed by atoms with E-state index in [1.54, 1.807) is 0 Å². The standard InChI is InChI=1S/C13H26O5/c1-12-4-2-3-7-18-13(12,10-16-8-5-14)11-17-9-6-15/h12,14-15H,2-11H2,1H3. The predicted molar refractivity (Wildman–Crippen MR) is 67.5 cm³/mol. The summed E-state index contributed by atoms with van der Waals surface area (Å²) in [6, 6.07) is 0. The fourth-order valence-electron chi connectivity index (χ4n) is 2.26. The molecule has 1 fully saturated rings. The highest BCUT2D eigenvalue weighted by atomic mass is 16.6. The van der Waals surface area contributed by atoms with Gasteiger partial charge in [-0.25, -0.2) is 0 Å². The molecule has 5 nitrogen and oxygen atoms in total. The van der Waals surface area contributed by atoms with Gasteiger partial charge in [0.25, 0.3) is 0 Å². The van der Waals surface area contributed by atoms with Gasteiger partial charge in [0.05, 0.1) is 39.6 Å². The first kappa shape index (κ1) is 15.9. The molecule has 1 atom stereocenters. The van der Waals surface area contributed by atoms with Crippen molar-refractivity contribution in [2.75, 3.05) is 46.2 Å². The first-order valence-electron chi connectivity index (χ1n) is 6.76. The van der Waals surface area contributed by atoms with Gasteiger partial charge in [-0.1, -0.05) is 13.3 Å². The smallest absolute Gasteiger partial charge is 0.117 e. The Kier molecular flexibility index (Phi) is 7.77. The normalized spacial score (nSPS) is 23.8. The summed E-state index contributed by atoms with van der Waals surface area (Å²) in [6.45, 7) is 4.39. The van der Waals surface area contributed by atoms with Crippen molar-refractivity contribution in [3.63, 3.8) is 0 Å². The van der Waals surface area contributed by atoms with Gasteiger partial charge in [-0.2, -0.15) is 0 Å². The summed E-state index contributed by atoms with van der Waals surface area (Å²) in [5.74, 6) is 0.345. The molecule has 0 aromatic heterocycles. The Hall–Kier alpha value is -0.200. The van der Waals surface area contributed by atoms with E-state index in [9.17, 15) is 0 Å². The van der Waals surface area contributed by atoms with Gasteiger partial charge >= 0.3 is 0 Å². The zero-order valence-corrected chi connectivity index (χ0v) is 11.3. The highest BCUT2D eigenvalue weighted by Gasteiger charge is 2.39. The molecule has 2 N–H and O–H groups in total. The fraction of sp³-hybridized carbons (Fsp3) is 1.00. The second-order valence-corrected chi connectivity index (χ2v) is 4.86. The number of hydrogen-bond acceptors (Lipinski definition) is 5. The average molecular weight is 262 g/mol. The Balaban J connectivity index is 2.57. The van der Waals surface area contributed by atoms with Crippen molar-refractivity contribution in [2.24, 2.45) is 5.92 Å². The summed E-state index contributed by atoms with van der Waals surface area (Å²) < 4.78 is 16.9. The van der Waals surface area contributed by atoms with Gasteiger partial charge in [0, 0.05) is 6.61 Å². The van der Waals surface area contributed by atoms with Crippen LogP contribution in [0.25, 0.3) is 0 Å². The Morgan fingerprint density at radius 3 is 2.28 bits per heavy atom. The maximum atomic E-state index is 8.79. The Labute approximate surface area is 109 Å². The van der Waals surface area contributed by atoms with Crippen molar-refractivity contribution in [1.82, 2.24) is 0 Å². The number of aliphatic hydroxyl groups is 2. The number of aliphatic hydroxyl groups excluding tert-OH is 2. The maximum Gasteiger partial charge on any atom is 0.117 e. The van der Waals surface area contributed by atoms with Crippen molar-refractivity contribution in [1.29, 1.82) is 0 Å². The summed E-state index contributed by atoms with van der Waals surface area (Å²) in [4.78, 5) is 0. The summed E-state index contributed by atoms with van der Waals surface area (Å²) in [5, 5.41) is 17.6. The molecule has 18 heavy (non-hydrogen) atoms. The minimum Gasteiger partial charge on any atom is -0.394 e. The van der Waals surface area contributed by atoms with E-state index >= 15 is 0 Å². The number of ether oxygens (including phenoxy) is 3. The monoisotopic (exact) mass is 262 g/mol. The lowest BCUT2D eigenvalue weighted by Gasteiger charge is -2.37. The van der Waals surface area contributed by atoms with Crippen LogP contribution >= 0.6 is 0 Å². The molecule has 0 radical (unpaired) electrons. The lowest BCUT2D eigenvalue weighted by atomic mass is 9.87. The zero-order chi connectivity index (χ0) is 13.3. The Morgan fingerprint density at radius 1 is 1.11 bits per heavy atom. The summed E-state index contributed by atoms with van der Waals surface area (Å²) in [7, 11) is 0. The minimum absolute atomic E-state index is 0.0158. The van der Waals surface area contributed by atoms with E-state index < -0.39 is 5.60 Å². The van der Waals surface area contributed by atoms with Crippen molar-refractivity contribution in [3.05, 3.63) is 0 Å². The second kappa shape index (κ2) is 8.82. The van der Waals surface area contributed by atoms with E-state index in [2.05, 4.69) is 6.92 Å². The SMILES string of the molecule is CC1CCCCOC1(COCCO)COCCO. The molecule has 1 rings (SSSR count). The molecule has 0 bridgehead atoms. The number of hydrogen-bond donors (Lipinski definition) is 2. The molecule has 1 saturated heterocycles. The van der Waals surface area contributed by atoms with Crippen LogP contribution in [0.5, 0.6) is 0 Å². The van der Waals surface area contributed by atoms with Crippen LogP contribution in [0.3, 0.4) is 0 Å². The fourth-order valence-corrected chi connectivity index (χ4v) is 2.26. The second-order valence-electron chi connectivity index (χ2n) is 4.86. The van der Waals surface area contributed by atoms with E-state index in [1.807, 2.05) is 0 Å². The predicted octanol–water partition coefficient (Wildman–Crippen LogP) is 0.580. The lowest BCUT2D eigenvalue weighted by Crippen LogP contribution is -2.48. The van der Waals surface area contributed by atoms with E-state index in [4.69, 9.17) is 24.4 Å². The molecule has 1 heterocycles. The van der Waals surface area contributed by atoms with Gasteiger partial charge in [-0.3, -0.25) is 0 Å².